The second-order valence-electron chi connectivity index (χ2n) is 10.1. The van der Waals surface area contributed by atoms with Gasteiger partial charge in [0.25, 0.3) is 0 Å². The Hall–Kier alpha value is -4.21. The first-order valence-corrected chi connectivity index (χ1v) is 14.4. The van der Waals surface area contributed by atoms with E-state index in [0.717, 1.165) is 29.7 Å². The molecule has 0 amide bonds. The molecule has 208 valence electrons. The summed E-state index contributed by atoms with van der Waals surface area (Å²) >= 11 is 1.53. The van der Waals surface area contributed by atoms with Crippen molar-refractivity contribution in [3.8, 4) is 28.6 Å². The fraction of sp³-hybridized carbons (Fsp3) is 0.219. The quantitative estimate of drug-likeness (QED) is 0.209. The topological polar surface area (TPSA) is 93.3 Å². The maximum absolute atomic E-state index is 13.3. The average molecular weight is 569 g/mol. The third-order valence-corrected chi connectivity index (χ3v) is 8.43. The van der Waals surface area contributed by atoms with Crippen LogP contribution in [0.2, 0.25) is 0 Å². The first-order chi connectivity index (χ1) is 20.0. The molecule has 41 heavy (non-hydrogen) atoms. The van der Waals surface area contributed by atoms with Crippen molar-refractivity contribution in [1.82, 2.24) is 19.7 Å². The van der Waals surface area contributed by atoms with Gasteiger partial charge < -0.3 is 14.9 Å². The maximum Gasteiger partial charge on any atom is 0.196 e. The molecule has 1 aliphatic rings. The molecule has 6 rings (SSSR count). The van der Waals surface area contributed by atoms with Gasteiger partial charge in [-0.05, 0) is 89.9 Å². The van der Waals surface area contributed by atoms with Crippen LogP contribution in [0.5, 0.6) is 11.5 Å². The Balaban J connectivity index is 1.38. The molecule has 9 heteroatoms. The van der Waals surface area contributed by atoms with Crippen molar-refractivity contribution < 1.29 is 19.3 Å². The smallest absolute Gasteiger partial charge is 0.196 e. The highest BCUT2D eigenvalue weighted by molar-refractivity contribution is 7.98. The minimum atomic E-state index is -0.288. The van der Waals surface area contributed by atoms with E-state index >= 15 is 0 Å². The third kappa shape index (κ3) is 5.82. The normalized spacial score (nSPS) is 14.3. The van der Waals surface area contributed by atoms with Crippen molar-refractivity contribution in [2.75, 3.05) is 7.11 Å². The van der Waals surface area contributed by atoms with Crippen LogP contribution in [-0.2, 0) is 36.2 Å². The Morgan fingerprint density at radius 1 is 0.927 bits per heavy atom. The highest BCUT2D eigenvalue weighted by Crippen LogP contribution is 2.38. The lowest BCUT2D eigenvalue weighted by atomic mass is 10.0. The zero-order chi connectivity index (χ0) is 28.3. The molecule has 0 saturated heterocycles. The van der Waals surface area contributed by atoms with Crippen molar-refractivity contribution in [3.63, 3.8) is 0 Å². The van der Waals surface area contributed by atoms with Crippen molar-refractivity contribution >= 4 is 11.8 Å². The van der Waals surface area contributed by atoms with Gasteiger partial charge in [-0.3, -0.25) is 9.55 Å². The molecule has 1 aliphatic carbocycles. The number of fused-ring (bicyclic) bond motifs is 1. The van der Waals surface area contributed by atoms with E-state index in [4.69, 9.17) is 4.74 Å². The van der Waals surface area contributed by atoms with Crippen LogP contribution in [-0.4, -0.2) is 43.2 Å². The number of aromatic hydroxyl groups is 2. The molecule has 1 atom stereocenters. The second kappa shape index (κ2) is 11.7. The van der Waals surface area contributed by atoms with Gasteiger partial charge >= 0.3 is 0 Å². The van der Waals surface area contributed by atoms with E-state index in [0.29, 0.717) is 40.7 Å². The Morgan fingerprint density at radius 2 is 1.76 bits per heavy atom. The molecule has 5 aromatic rings. The molecule has 0 radical (unpaired) electrons. The summed E-state index contributed by atoms with van der Waals surface area (Å²) in [6.45, 7) is 0. The molecular formula is C32H29FN4O3S. The first kappa shape index (κ1) is 27.0. The molecule has 0 spiro atoms. The lowest BCUT2D eigenvalue weighted by molar-refractivity contribution is 0.112. The van der Waals surface area contributed by atoms with E-state index in [1.165, 1.54) is 41.1 Å². The van der Waals surface area contributed by atoms with Crippen molar-refractivity contribution in [1.29, 1.82) is 0 Å². The van der Waals surface area contributed by atoms with Crippen LogP contribution in [0, 0.1) is 5.82 Å². The van der Waals surface area contributed by atoms with Crippen LogP contribution < -0.4 is 0 Å². The summed E-state index contributed by atoms with van der Waals surface area (Å²) in [5, 5.41) is 31.4. The monoisotopic (exact) mass is 568 g/mol. The number of aromatic nitrogens is 4. The zero-order valence-electron chi connectivity index (χ0n) is 22.5. The number of aryl methyl sites for hydroxylation is 2. The van der Waals surface area contributed by atoms with Crippen molar-refractivity contribution in [2.45, 2.75) is 42.7 Å². The van der Waals surface area contributed by atoms with Crippen LogP contribution in [0.3, 0.4) is 0 Å². The van der Waals surface area contributed by atoms with Gasteiger partial charge in [0.15, 0.2) is 11.0 Å². The Morgan fingerprint density at radius 3 is 2.54 bits per heavy atom. The van der Waals surface area contributed by atoms with Gasteiger partial charge in [0, 0.05) is 31.3 Å². The fourth-order valence-corrected chi connectivity index (χ4v) is 6.09. The molecule has 1 unspecified atom stereocenters. The van der Waals surface area contributed by atoms with E-state index < -0.39 is 0 Å². The highest BCUT2D eigenvalue weighted by atomic mass is 32.2. The third-order valence-electron chi connectivity index (χ3n) is 7.43. The number of thioether (sulfide) groups is 1. The number of methoxy groups -OCH3 is 1. The SMILES string of the molecule is COC1Cc2ccc(-n3c(SCc4cccnc4)nnc3-c3cc(CCc4ccc(F)cc4)c(O)cc3O)cc2C1. The molecule has 0 saturated carbocycles. The van der Waals surface area contributed by atoms with Gasteiger partial charge in [0.05, 0.1) is 17.4 Å². The molecule has 0 bridgehead atoms. The number of hydrogen-bond donors (Lipinski definition) is 2. The number of phenols is 2. The largest absolute Gasteiger partial charge is 0.508 e. The predicted molar refractivity (Wildman–Crippen MR) is 156 cm³/mol. The van der Waals surface area contributed by atoms with Gasteiger partial charge in [-0.1, -0.05) is 36.0 Å². The van der Waals surface area contributed by atoms with Crippen LogP contribution in [0.4, 0.5) is 4.39 Å². The van der Waals surface area contributed by atoms with Crippen molar-refractivity contribution in [3.05, 3.63) is 113 Å². The zero-order valence-corrected chi connectivity index (χ0v) is 23.3. The summed E-state index contributed by atoms with van der Waals surface area (Å²) in [5.74, 6) is 0.734. The lowest BCUT2D eigenvalue weighted by Gasteiger charge is -2.14. The number of benzene rings is 3. The molecule has 2 N–H and O–H groups in total. The lowest BCUT2D eigenvalue weighted by Crippen LogP contribution is -2.08. The summed E-state index contributed by atoms with van der Waals surface area (Å²) in [7, 11) is 1.74. The molecule has 7 nitrogen and oxygen atoms in total. The summed E-state index contributed by atoms with van der Waals surface area (Å²) in [5.41, 5.74) is 6.48. The molecule has 3 aromatic carbocycles. The number of nitrogens with zero attached hydrogens (tertiary/aromatic N) is 4. The molecular weight excluding hydrogens is 539 g/mol. The first-order valence-electron chi connectivity index (χ1n) is 13.4. The molecule has 0 fully saturated rings. The molecule has 0 aliphatic heterocycles. The average Bonchev–Trinajstić information content (AvgIpc) is 3.60. The summed E-state index contributed by atoms with van der Waals surface area (Å²) in [6.07, 6.45) is 6.53. The van der Waals surface area contributed by atoms with E-state index in [1.807, 2.05) is 29.0 Å². The molecule has 2 aromatic heterocycles. The number of pyridine rings is 1. The Bertz CT molecular complexity index is 1680. The summed E-state index contributed by atoms with van der Waals surface area (Å²) in [4.78, 5) is 4.21. The van der Waals surface area contributed by atoms with Gasteiger partial charge in [-0.25, -0.2) is 4.39 Å². The van der Waals surface area contributed by atoms with Gasteiger partial charge in [-0.15, -0.1) is 10.2 Å². The van der Waals surface area contributed by atoms with E-state index in [9.17, 15) is 14.6 Å². The van der Waals surface area contributed by atoms with Crippen molar-refractivity contribution in [2.24, 2.45) is 0 Å². The number of ether oxygens (including phenoxy) is 1. The fourth-order valence-electron chi connectivity index (χ4n) is 5.20. The summed E-state index contributed by atoms with van der Waals surface area (Å²) in [6, 6.07) is 19.7. The summed E-state index contributed by atoms with van der Waals surface area (Å²) < 4.78 is 20.9. The predicted octanol–water partition coefficient (Wildman–Crippen LogP) is 6.07. The van der Waals surface area contributed by atoms with Crippen LogP contribution in [0.25, 0.3) is 17.1 Å². The standard InChI is InChI=1S/C32H29FN4O3S/c1-40-27-14-22-8-11-26(13-24(22)15-27)37-31(35-36-32(37)41-19-21-3-2-12-34-18-21)28-16-23(29(38)17-30(28)39)7-4-20-5-9-25(33)10-6-20/h2-3,5-6,8-13,16-18,27,38-39H,4,7,14-15,19H2,1H3. The Kier molecular flexibility index (Phi) is 7.71. The minimum Gasteiger partial charge on any atom is -0.508 e. The van der Waals surface area contributed by atoms with Crippen LogP contribution in [0.1, 0.15) is 27.8 Å². The van der Waals surface area contributed by atoms with Gasteiger partial charge in [0.1, 0.15) is 17.3 Å². The number of rotatable bonds is 9. The number of halogens is 1. The van der Waals surface area contributed by atoms with E-state index in [1.54, 1.807) is 31.5 Å². The highest BCUT2D eigenvalue weighted by Gasteiger charge is 2.25. The number of hydrogen-bond acceptors (Lipinski definition) is 7. The van der Waals surface area contributed by atoms with E-state index in [-0.39, 0.29) is 23.4 Å². The van der Waals surface area contributed by atoms with Crippen LogP contribution in [0.15, 0.2) is 84.3 Å². The Labute approximate surface area is 241 Å². The van der Waals surface area contributed by atoms with E-state index in [2.05, 4.69) is 27.3 Å². The number of phenolic OH excluding ortho intramolecular Hbond substituents is 2. The van der Waals surface area contributed by atoms with Crippen LogP contribution >= 0.6 is 11.8 Å². The maximum atomic E-state index is 13.3. The minimum absolute atomic E-state index is 0.00580. The molecule has 2 heterocycles. The van der Waals surface area contributed by atoms with Gasteiger partial charge in [-0.2, -0.15) is 0 Å². The van der Waals surface area contributed by atoms with Gasteiger partial charge in [0.2, 0.25) is 0 Å². The second-order valence-corrected chi connectivity index (χ2v) is 11.1.